The van der Waals surface area contributed by atoms with Crippen LogP contribution in [0.15, 0.2) is 30.5 Å². The molecular formula is C13H16ClN. The highest BCUT2D eigenvalue weighted by Gasteiger charge is 1.99. The lowest BCUT2D eigenvalue weighted by molar-refractivity contribution is 1.15. The van der Waals surface area contributed by atoms with Gasteiger partial charge in [-0.05, 0) is 30.2 Å². The molecule has 0 aliphatic rings. The summed E-state index contributed by atoms with van der Waals surface area (Å²) in [6.07, 6.45) is 2.86. The van der Waals surface area contributed by atoms with E-state index in [0.29, 0.717) is 0 Å². The van der Waals surface area contributed by atoms with Crippen LogP contribution in [-0.4, -0.2) is 4.98 Å². The maximum atomic E-state index is 5.87. The average Bonchev–Trinajstić information content (AvgIpc) is 2.30. The predicted molar refractivity (Wildman–Crippen MR) is 67.5 cm³/mol. The molecule has 0 atom stereocenters. The van der Waals surface area contributed by atoms with E-state index in [1.54, 1.807) is 0 Å². The summed E-state index contributed by atoms with van der Waals surface area (Å²) in [6.45, 7) is 6.14. The van der Waals surface area contributed by atoms with E-state index in [-0.39, 0.29) is 0 Å². The Balaban J connectivity index is 0.000000531. The molecular weight excluding hydrogens is 206 g/mol. The van der Waals surface area contributed by atoms with E-state index in [9.17, 15) is 0 Å². The molecule has 0 amide bonds. The third-order valence-corrected chi connectivity index (χ3v) is 2.41. The molecule has 1 nitrogen and oxygen atoms in total. The maximum absolute atomic E-state index is 5.87. The zero-order valence-electron chi connectivity index (χ0n) is 9.42. The number of hydrogen-bond acceptors (Lipinski definition) is 1. The van der Waals surface area contributed by atoms with Gasteiger partial charge in [-0.2, -0.15) is 0 Å². The number of fused-ring (bicyclic) bond motifs is 1. The van der Waals surface area contributed by atoms with Crippen molar-refractivity contribution in [1.82, 2.24) is 4.98 Å². The van der Waals surface area contributed by atoms with Crippen molar-refractivity contribution < 1.29 is 0 Å². The zero-order valence-corrected chi connectivity index (χ0v) is 10.2. The van der Waals surface area contributed by atoms with Crippen LogP contribution in [0.5, 0.6) is 0 Å². The van der Waals surface area contributed by atoms with E-state index in [1.807, 2.05) is 38.2 Å². The van der Waals surface area contributed by atoms with Gasteiger partial charge in [0, 0.05) is 16.6 Å². The Bertz CT molecular complexity index is 437. The molecule has 0 aliphatic carbocycles. The number of nitrogens with zero attached hydrogens (tertiary/aromatic N) is 1. The Labute approximate surface area is 96.1 Å². The Kier molecular flexibility index (Phi) is 4.57. The van der Waals surface area contributed by atoms with Crippen LogP contribution in [0.2, 0.25) is 5.02 Å². The fraction of sp³-hybridized carbons (Fsp3) is 0.308. The number of benzene rings is 1. The fourth-order valence-electron chi connectivity index (χ4n) is 1.49. The molecule has 80 valence electrons. The molecule has 1 aromatic heterocycles. The van der Waals surface area contributed by atoms with Crippen molar-refractivity contribution in [3.05, 3.63) is 41.0 Å². The van der Waals surface area contributed by atoms with Crippen LogP contribution >= 0.6 is 11.6 Å². The smallest absolute Gasteiger partial charge is 0.0719 e. The molecule has 2 heteroatoms. The van der Waals surface area contributed by atoms with Crippen molar-refractivity contribution in [1.29, 1.82) is 0 Å². The second-order valence-electron chi connectivity index (χ2n) is 2.99. The minimum Gasteiger partial charge on any atom is -0.256 e. The van der Waals surface area contributed by atoms with Crippen LogP contribution in [0.4, 0.5) is 0 Å². The van der Waals surface area contributed by atoms with Crippen LogP contribution in [0, 0.1) is 0 Å². The summed E-state index contributed by atoms with van der Waals surface area (Å²) in [5, 5.41) is 1.95. The van der Waals surface area contributed by atoms with E-state index in [0.717, 1.165) is 17.0 Å². The summed E-state index contributed by atoms with van der Waals surface area (Å²) in [5.41, 5.74) is 2.30. The van der Waals surface area contributed by atoms with E-state index in [4.69, 9.17) is 11.6 Å². The molecule has 0 N–H and O–H groups in total. The summed E-state index contributed by atoms with van der Waals surface area (Å²) in [7, 11) is 0. The van der Waals surface area contributed by atoms with Crippen LogP contribution < -0.4 is 0 Å². The van der Waals surface area contributed by atoms with Crippen molar-refractivity contribution in [2.45, 2.75) is 27.2 Å². The van der Waals surface area contributed by atoms with Gasteiger partial charge in [0.15, 0.2) is 0 Å². The molecule has 0 aliphatic heterocycles. The molecule has 2 rings (SSSR count). The minimum atomic E-state index is 0.744. The molecule has 0 saturated heterocycles. The molecule has 1 heterocycles. The monoisotopic (exact) mass is 221 g/mol. The molecule has 0 spiro atoms. The van der Waals surface area contributed by atoms with Gasteiger partial charge in [-0.1, -0.05) is 38.4 Å². The SMILES string of the molecule is CC.CCc1ccnc2cc(Cl)ccc12. The Morgan fingerprint density at radius 1 is 1.20 bits per heavy atom. The Morgan fingerprint density at radius 3 is 2.60 bits per heavy atom. The third kappa shape index (κ3) is 2.69. The van der Waals surface area contributed by atoms with Gasteiger partial charge in [-0.3, -0.25) is 4.98 Å². The van der Waals surface area contributed by atoms with E-state index in [2.05, 4.69) is 18.0 Å². The quantitative estimate of drug-likeness (QED) is 0.692. The largest absolute Gasteiger partial charge is 0.256 e. The summed E-state index contributed by atoms with van der Waals surface area (Å²) >= 11 is 5.87. The van der Waals surface area contributed by atoms with E-state index >= 15 is 0 Å². The van der Waals surface area contributed by atoms with Gasteiger partial charge < -0.3 is 0 Å². The first-order valence-corrected chi connectivity index (χ1v) is 5.72. The second-order valence-corrected chi connectivity index (χ2v) is 3.42. The highest BCUT2D eigenvalue weighted by atomic mass is 35.5. The molecule has 2 aromatic rings. The molecule has 1 aromatic carbocycles. The standard InChI is InChI=1S/C11H10ClN.C2H6/c1-2-8-5-6-13-11-7-9(12)3-4-10(8)11;1-2/h3-7H,2H2,1H3;1-2H3. The number of aromatic nitrogens is 1. The van der Waals surface area contributed by atoms with Gasteiger partial charge in [0.1, 0.15) is 0 Å². The third-order valence-electron chi connectivity index (χ3n) is 2.18. The first-order valence-electron chi connectivity index (χ1n) is 5.34. The molecule has 15 heavy (non-hydrogen) atoms. The lowest BCUT2D eigenvalue weighted by Crippen LogP contribution is -1.85. The van der Waals surface area contributed by atoms with Crippen molar-refractivity contribution in [2.75, 3.05) is 0 Å². The van der Waals surface area contributed by atoms with Crippen LogP contribution in [0.3, 0.4) is 0 Å². The van der Waals surface area contributed by atoms with Crippen molar-refractivity contribution >= 4 is 22.5 Å². The van der Waals surface area contributed by atoms with Crippen LogP contribution in [0.1, 0.15) is 26.3 Å². The second kappa shape index (κ2) is 5.72. The Hall–Kier alpha value is -1.08. The number of halogens is 1. The van der Waals surface area contributed by atoms with Gasteiger partial charge in [0.25, 0.3) is 0 Å². The first-order chi connectivity index (χ1) is 7.31. The van der Waals surface area contributed by atoms with Crippen molar-refractivity contribution in [2.24, 2.45) is 0 Å². The zero-order chi connectivity index (χ0) is 11.3. The normalized spacial score (nSPS) is 9.60. The van der Waals surface area contributed by atoms with E-state index < -0.39 is 0 Å². The number of rotatable bonds is 1. The maximum Gasteiger partial charge on any atom is 0.0719 e. The highest BCUT2D eigenvalue weighted by molar-refractivity contribution is 6.31. The minimum absolute atomic E-state index is 0.744. The van der Waals surface area contributed by atoms with Crippen LogP contribution in [-0.2, 0) is 6.42 Å². The molecule has 0 radical (unpaired) electrons. The summed E-state index contributed by atoms with van der Waals surface area (Å²) < 4.78 is 0. The predicted octanol–water partition coefficient (Wildman–Crippen LogP) is 4.48. The topological polar surface area (TPSA) is 12.9 Å². The number of aryl methyl sites for hydroxylation is 1. The van der Waals surface area contributed by atoms with E-state index in [1.165, 1.54) is 10.9 Å². The number of pyridine rings is 1. The lowest BCUT2D eigenvalue weighted by atomic mass is 10.1. The van der Waals surface area contributed by atoms with Crippen molar-refractivity contribution in [3.63, 3.8) is 0 Å². The van der Waals surface area contributed by atoms with Gasteiger partial charge in [-0.25, -0.2) is 0 Å². The lowest BCUT2D eigenvalue weighted by Gasteiger charge is -2.02. The molecule has 0 saturated carbocycles. The average molecular weight is 222 g/mol. The first kappa shape index (κ1) is 12.0. The van der Waals surface area contributed by atoms with Gasteiger partial charge in [0.05, 0.1) is 5.52 Å². The highest BCUT2D eigenvalue weighted by Crippen LogP contribution is 2.20. The van der Waals surface area contributed by atoms with Crippen LogP contribution in [0.25, 0.3) is 10.9 Å². The summed E-state index contributed by atoms with van der Waals surface area (Å²) in [5.74, 6) is 0. The van der Waals surface area contributed by atoms with Gasteiger partial charge in [-0.15, -0.1) is 0 Å². The van der Waals surface area contributed by atoms with Crippen molar-refractivity contribution in [3.8, 4) is 0 Å². The molecule has 0 fully saturated rings. The molecule has 0 bridgehead atoms. The number of hydrogen-bond donors (Lipinski definition) is 0. The van der Waals surface area contributed by atoms with Gasteiger partial charge >= 0.3 is 0 Å². The van der Waals surface area contributed by atoms with Gasteiger partial charge in [0.2, 0.25) is 0 Å². The summed E-state index contributed by atoms with van der Waals surface area (Å²) in [6, 6.07) is 7.89. The summed E-state index contributed by atoms with van der Waals surface area (Å²) in [4.78, 5) is 4.27. The Morgan fingerprint density at radius 2 is 1.93 bits per heavy atom. The fourth-order valence-corrected chi connectivity index (χ4v) is 1.66. The molecule has 0 unspecified atom stereocenters.